The number of nitrogens with zero attached hydrogens (tertiary/aromatic N) is 2. The number of esters is 2. The third-order valence-corrected chi connectivity index (χ3v) is 5.03. The summed E-state index contributed by atoms with van der Waals surface area (Å²) >= 11 is 0. The Morgan fingerprint density at radius 3 is 2.30 bits per heavy atom. The molecule has 0 spiro atoms. The van der Waals surface area contributed by atoms with Crippen LogP contribution in [0.15, 0.2) is 59.5 Å². The molecule has 0 aliphatic rings. The molecule has 0 fully saturated rings. The van der Waals surface area contributed by atoms with E-state index in [2.05, 4.69) is 4.98 Å². The first-order chi connectivity index (χ1) is 14.5. The van der Waals surface area contributed by atoms with E-state index in [4.69, 9.17) is 9.47 Å². The van der Waals surface area contributed by atoms with Crippen molar-refractivity contribution in [2.24, 2.45) is 0 Å². The van der Waals surface area contributed by atoms with Crippen LogP contribution in [0.25, 0.3) is 27.4 Å². The van der Waals surface area contributed by atoms with E-state index in [9.17, 15) is 14.4 Å². The minimum atomic E-state index is -0.828. The lowest BCUT2D eigenvalue weighted by Crippen LogP contribution is -2.30. The number of aryl methyl sites for hydroxylation is 1. The minimum absolute atomic E-state index is 0.0353. The number of pyridine rings is 2. The van der Waals surface area contributed by atoms with Crippen molar-refractivity contribution in [1.82, 2.24) is 9.55 Å². The van der Waals surface area contributed by atoms with Gasteiger partial charge in [-0.15, -0.1) is 0 Å². The van der Waals surface area contributed by atoms with Crippen LogP contribution in [0.2, 0.25) is 0 Å². The number of hydrogen-bond acceptors (Lipinski definition) is 6. The largest absolute Gasteiger partial charge is 0.465 e. The minimum Gasteiger partial charge on any atom is -0.465 e. The summed E-state index contributed by atoms with van der Waals surface area (Å²) in [6.07, 6.45) is 1.61. The van der Waals surface area contributed by atoms with Gasteiger partial charge in [0.15, 0.2) is 0 Å². The van der Waals surface area contributed by atoms with Gasteiger partial charge in [0.1, 0.15) is 5.69 Å². The number of carbonyl (C=O) groups is 2. The molecule has 0 unspecified atom stereocenters. The van der Waals surface area contributed by atoms with Crippen LogP contribution in [0.5, 0.6) is 0 Å². The van der Waals surface area contributed by atoms with Crippen LogP contribution in [0.4, 0.5) is 0 Å². The lowest BCUT2D eigenvalue weighted by molar-refractivity contribution is 0.0548. The molecule has 0 atom stereocenters. The monoisotopic (exact) mass is 402 g/mol. The van der Waals surface area contributed by atoms with Crippen LogP contribution >= 0.6 is 0 Å². The molecule has 0 saturated carbocycles. The Labute approximate surface area is 171 Å². The molecule has 0 radical (unpaired) electrons. The summed E-state index contributed by atoms with van der Waals surface area (Å²) in [7, 11) is 2.42. The molecule has 0 N–H and O–H groups in total. The maximum Gasteiger partial charge on any atom is 0.356 e. The third kappa shape index (κ3) is 2.83. The zero-order valence-electron chi connectivity index (χ0n) is 16.6. The van der Waals surface area contributed by atoms with E-state index >= 15 is 0 Å². The number of rotatable bonds is 3. The van der Waals surface area contributed by atoms with Crippen molar-refractivity contribution in [3.8, 4) is 5.69 Å². The van der Waals surface area contributed by atoms with Crippen LogP contribution in [0, 0.1) is 6.92 Å². The number of ether oxygens (including phenoxy) is 2. The maximum absolute atomic E-state index is 13.6. The second-order valence-corrected chi connectivity index (χ2v) is 6.70. The highest BCUT2D eigenvalue weighted by Crippen LogP contribution is 2.29. The molecule has 4 rings (SSSR count). The zero-order valence-corrected chi connectivity index (χ0v) is 16.6. The number of carbonyl (C=O) groups excluding carboxylic acids is 2. The van der Waals surface area contributed by atoms with Crippen molar-refractivity contribution in [3.05, 3.63) is 81.9 Å². The molecule has 0 saturated heterocycles. The quantitative estimate of drug-likeness (QED) is 0.488. The van der Waals surface area contributed by atoms with E-state index < -0.39 is 17.5 Å². The predicted octanol–water partition coefficient (Wildman–Crippen LogP) is 3.42. The van der Waals surface area contributed by atoms with E-state index in [1.165, 1.54) is 18.8 Å². The first kappa shape index (κ1) is 19.3. The van der Waals surface area contributed by atoms with Gasteiger partial charge in [-0.25, -0.2) is 9.59 Å². The van der Waals surface area contributed by atoms with E-state index in [1.54, 1.807) is 36.5 Å². The summed E-state index contributed by atoms with van der Waals surface area (Å²) in [5.74, 6) is -1.57. The fourth-order valence-corrected chi connectivity index (χ4v) is 3.67. The summed E-state index contributed by atoms with van der Waals surface area (Å²) in [6.45, 7) is 1.81. The Balaban J connectivity index is 2.32. The average molecular weight is 402 g/mol. The molecule has 2 aromatic carbocycles. The smallest absolute Gasteiger partial charge is 0.356 e. The molecule has 30 heavy (non-hydrogen) atoms. The molecular weight excluding hydrogens is 384 g/mol. The van der Waals surface area contributed by atoms with Gasteiger partial charge in [0.05, 0.1) is 31.0 Å². The first-order valence-electron chi connectivity index (χ1n) is 9.18. The first-order valence-corrected chi connectivity index (χ1v) is 9.18. The number of benzene rings is 2. The molecule has 7 heteroatoms. The normalized spacial score (nSPS) is 10.9. The Morgan fingerprint density at radius 1 is 0.900 bits per heavy atom. The van der Waals surface area contributed by atoms with E-state index in [-0.39, 0.29) is 16.6 Å². The molecule has 0 aliphatic heterocycles. The second kappa shape index (κ2) is 7.44. The Morgan fingerprint density at radius 2 is 1.60 bits per heavy atom. The lowest BCUT2D eigenvalue weighted by Gasteiger charge is -2.19. The average Bonchev–Trinajstić information content (AvgIpc) is 2.78. The molecule has 0 bridgehead atoms. The molecule has 4 aromatic rings. The van der Waals surface area contributed by atoms with Gasteiger partial charge in [-0.05, 0) is 24.6 Å². The molecular formula is C23H18N2O5. The summed E-state index contributed by atoms with van der Waals surface area (Å²) in [5.41, 5.74) is 0.950. The van der Waals surface area contributed by atoms with Gasteiger partial charge in [-0.1, -0.05) is 36.4 Å². The Hall–Kier alpha value is -4.00. The van der Waals surface area contributed by atoms with Gasteiger partial charge in [0.25, 0.3) is 5.56 Å². The molecule has 2 aromatic heterocycles. The van der Waals surface area contributed by atoms with Gasteiger partial charge in [0, 0.05) is 22.4 Å². The van der Waals surface area contributed by atoms with Gasteiger partial charge in [-0.3, -0.25) is 14.3 Å². The number of methoxy groups -OCH3 is 2. The fourth-order valence-electron chi connectivity index (χ4n) is 3.67. The lowest BCUT2D eigenvalue weighted by atomic mass is 10.0. The van der Waals surface area contributed by atoms with Crippen LogP contribution in [-0.2, 0) is 9.47 Å². The molecule has 2 heterocycles. The van der Waals surface area contributed by atoms with Gasteiger partial charge in [0.2, 0.25) is 0 Å². The van der Waals surface area contributed by atoms with Crippen molar-refractivity contribution in [2.75, 3.05) is 14.2 Å². The fraction of sp³-hybridized carbons (Fsp3) is 0.130. The Bertz CT molecular complexity index is 1390. The second-order valence-electron chi connectivity index (χ2n) is 6.70. The van der Waals surface area contributed by atoms with Crippen molar-refractivity contribution in [3.63, 3.8) is 0 Å². The maximum atomic E-state index is 13.6. The SMILES string of the molecule is COC(=O)c1c(C(=O)OC)n(-c2c(C)ccc3cccnc23)c(=O)c2ccccc12. The van der Waals surface area contributed by atoms with Gasteiger partial charge < -0.3 is 9.47 Å². The standard InChI is InChI=1S/C23H18N2O5/c1-13-10-11-14-7-6-12-24-18(14)19(13)25-20(23(28)30-3)17(22(27)29-2)15-8-4-5-9-16(15)21(25)26/h4-12H,1-3H3. The topological polar surface area (TPSA) is 87.5 Å². The van der Waals surface area contributed by atoms with E-state index in [0.717, 1.165) is 5.39 Å². The van der Waals surface area contributed by atoms with E-state index in [1.807, 2.05) is 25.1 Å². The molecule has 7 nitrogen and oxygen atoms in total. The van der Waals surface area contributed by atoms with Crippen molar-refractivity contribution >= 4 is 33.6 Å². The van der Waals surface area contributed by atoms with Crippen molar-refractivity contribution < 1.29 is 19.1 Å². The highest BCUT2D eigenvalue weighted by molar-refractivity contribution is 6.12. The van der Waals surface area contributed by atoms with Crippen LogP contribution in [-0.4, -0.2) is 35.7 Å². The highest BCUT2D eigenvalue weighted by atomic mass is 16.5. The number of hydrogen-bond donors (Lipinski definition) is 0. The summed E-state index contributed by atoms with van der Waals surface area (Å²) in [5, 5.41) is 1.38. The number of fused-ring (bicyclic) bond motifs is 2. The van der Waals surface area contributed by atoms with Crippen LogP contribution < -0.4 is 5.56 Å². The Kier molecular flexibility index (Phi) is 4.79. The highest BCUT2D eigenvalue weighted by Gasteiger charge is 2.29. The number of aromatic nitrogens is 2. The molecule has 150 valence electrons. The van der Waals surface area contributed by atoms with Crippen molar-refractivity contribution in [2.45, 2.75) is 6.92 Å². The van der Waals surface area contributed by atoms with Crippen LogP contribution in [0.3, 0.4) is 0 Å². The van der Waals surface area contributed by atoms with Gasteiger partial charge >= 0.3 is 11.9 Å². The zero-order chi connectivity index (χ0) is 21.4. The third-order valence-electron chi connectivity index (χ3n) is 5.03. The summed E-state index contributed by atoms with van der Waals surface area (Å²) in [6, 6.07) is 13.9. The summed E-state index contributed by atoms with van der Waals surface area (Å²) < 4.78 is 11.1. The molecule has 0 amide bonds. The van der Waals surface area contributed by atoms with Crippen molar-refractivity contribution in [1.29, 1.82) is 0 Å². The summed E-state index contributed by atoms with van der Waals surface area (Å²) in [4.78, 5) is 43.7. The van der Waals surface area contributed by atoms with E-state index in [0.29, 0.717) is 22.2 Å². The van der Waals surface area contributed by atoms with Gasteiger partial charge in [-0.2, -0.15) is 0 Å². The van der Waals surface area contributed by atoms with Crippen LogP contribution in [0.1, 0.15) is 26.4 Å². The predicted molar refractivity (Wildman–Crippen MR) is 112 cm³/mol. The molecule has 0 aliphatic carbocycles.